The van der Waals surface area contributed by atoms with Crippen molar-refractivity contribution in [3.05, 3.63) is 24.2 Å². The zero-order valence-corrected chi connectivity index (χ0v) is 18.7. The minimum atomic E-state index is -1.50. The van der Waals surface area contributed by atoms with E-state index in [1.165, 1.54) is 20.2 Å². The molecule has 0 spiro atoms. The molecule has 4 rings (SSSR count). The number of ether oxygens (including phenoxy) is 2. The number of aromatic nitrogens is 3. The van der Waals surface area contributed by atoms with Gasteiger partial charge in [-0.3, -0.25) is 4.79 Å². The quantitative estimate of drug-likeness (QED) is 0.464. The lowest BCUT2D eigenvalue weighted by Crippen LogP contribution is -2.35. The van der Waals surface area contributed by atoms with E-state index in [0.29, 0.717) is 30.6 Å². The number of aliphatic hydroxyl groups is 2. The van der Waals surface area contributed by atoms with Crippen molar-refractivity contribution in [3.63, 3.8) is 0 Å². The highest BCUT2D eigenvalue weighted by molar-refractivity contribution is 5.70. The van der Waals surface area contributed by atoms with Gasteiger partial charge in [0.05, 0.1) is 12.1 Å². The van der Waals surface area contributed by atoms with Gasteiger partial charge in [-0.1, -0.05) is 13.3 Å². The van der Waals surface area contributed by atoms with E-state index in [-0.39, 0.29) is 24.1 Å². The molecule has 2 fully saturated rings. The molecule has 1 aliphatic heterocycles. The molecule has 1 aliphatic carbocycles. The topological polar surface area (TPSA) is 156 Å². The lowest BCUT2D eigenvalue weighted by molar-refractivity contribution is -0.155. The van der Waals surface area contributed by atoms with Crippen LogP contribution in [0.15, 0.2) is 18.5 Å². The average molecular weight is 446 g/mol. The number of rotatable bonds is 5. The highest BCUT2D eigenvalue weighted by Gasteiger charge is 2.44. The van der Waals surface area contributed by atoms with Crippen molar-refractivity contribution in [3.8, 4) is 6.07 Å². The fraction of sp³-hybridized carbons (Fsp3) is 0.636. The first-order valence-corrected chi connectivity index (χ1v) is 10.7. The van der Waals surface area contributed by atoms with Gasteiger partial charge in [-0.2, -0.15) is 10.4 Å². The Bertz CT molecular complexity index is 998. The summed E-state index contributed by atoms with van der Waals surface area (Å²) in [4.78, 5) is 16.1. The van der Waals surface area contributed by atoms with E-state index in [2.05, 4.69) is 23.1 Å². The normalized spacial score (nSPS) is 24.2. The molecule has 0 aromatic carbocycles. The van der Waals surface area contributed by atoms with Gasteiger partial charge in [0.1, 0.15) is 30.6 Å². The van der Waals surface area contributed by atoms with E-state index in [1.54, 1.807) is 4.52 Å². The van der Waals surface area contributed by atoms with Crippen molar-refractivity contribution in [2.24, 2.45) is 5.41 Å². The maximum Gasteiger partial charge on any atom is 0.306 e. The second-order valence-electron chi connectivity index (χ2n) is 9.45. The molecule has 3 heterocycles. The van der Waals surface area contributed by atoms with Gasteiger partial charge in [0, 0.05) is 0 Å². The Morgan fingerprint density at radius 3 is 2.69 bits per heavy atom. The van der Waals surface area contributed by atoms with E-state index in [9.17, 15) is 10.1 Å². The van der Waals surface area contributed by atoms with Gasteiger partial charge in [0.25, 0.3) is 0 Å². The van der Waals surface area contributed by atoms with Gasteiger partial charge < -0.3 is 25.4 Å². The minimum absolute atomic E-state index is 0.0463. The molecule has 0 amide bonds. The molecule has 10 heteroatoms. The van der Waals surface area contributed by atoms with Crippen molar-refractivity contribution in [1.82, 2.24) is 14.6 Å². The molecule has 4 N–H and O–H groups in total. The number of hydrogen-bond acceptors (Lipinski definition) is 9. The van der Waals surface area contributed by atoms with Gasteiger partial charge >= 0.3 is 5.97 Å². The van der Waals surface area contributed by atoms with Gasteiger partial charge in [0.2, 0.25) is 0 Å². The SMILES string of the molecule is CC(C)(O)O.CC1(CC(=O)OC[C@]2(C#N)CC[C@H](c3ccc4c(N)ncnn34)O2)CCC1. The fourth-order valence-corrected chi connectivity index (χ4v) is 3.95. The molecular formula is C22H31N5O5. The van der Waals surface area contributed by atoms with E-state index < -0.39 is 11.4 Å². The number of nitrogens with two attached hydrogens (primary N) is 1. The van der Waals surface area contributed by atoms with Crippen molar-refractivity contribution < 1.29 is 24.5 Å². The lowest BCUT2D eigenvalue weighted by Gasteiger charge is -2.37. The Kier molecular flexibility index (Phi) is 6.74. The Labute approximate surface area is 187 Å². The highest BCUT2D eigenvalue weighted by Crippen LogP contribution is 2.44. The van der Waals surface area contributed by atoms with Crippen molar-refractivity contribution in [2.75, 3.05) is 12.3 Å². The van der Waals surface area contributed by atoms with E-state index in [0.717, 1.165) is 25.0 Å². The predicted octanol–water partition coefficient (Wildman–Crippen LogP) is 2.26. The number of esters is 1. The van der Waals surface area contributed by atoms with Crippen LogP contribution in [0.1, 0.15) is 71.1 Å². The smallest absolute Gasteiger partial charge is 0.306 e. The van der Waals surface area contributed by atoms with Crippen LogP contribution in [-0.2, 0) is 14.3 Å². The van der Waals surface area contributed by atoms with Crippen LogP contribution < -0.4 is 5.73 Å². The number of nitriles is 1. The van der Waals surface area contributed by atoms with Crippen molar-refractivity contribution in [1.29, 1.82) is 5.26 Å². The summed E-state index contributed by atoms with van der Waals surface area (Å²) >= 11 is 0. The van der Waals surface area contributed by atoms with Crippen LogP contribution >= 0.6 is 0 Å². The Morgan fingerprint density at radius 1 is 1.41 bits per heavy atom. The third kappa shape index (κ3) is 5.73. The molecule has 0 bridgehead atoms. The summed E-state index contributed by atoms with van der Waals surface area (Å²) in [5.74, 6) is -1.37. The maximum atomic E-state index is 12.2. The number of carbonyl (C=O) groups excluding carboxylic acids is 1. The van der Waals surface area contributed by atoms with Crippen LogP contribution in [0.2, 0.25) is 0 Å². The Balaban J connectivity index is 0.000000523. The summed E-state index contributed by atoms with van der Waals surface area (Å²) in [5.41, 5.74) is 6.32. The summed E-state index contributed by atoms with van der Waals surface area (Å²) in [6.45, 7) is 4.65. The number of hydrogen-bond donors (Lipinski definition) is 3. The number of nitrogen functional groups attached to an aromatic ring is 1. The average Bonchev–Trinajstić information content (AvgIpc) is 3.29. The van der Waals surface area contributed by atoms with E-state index in [4.69, 9.17) is 25.4 Å². The maximum absolute atomic E-state index is 12.2. The molecule has 2 atom stereocenters. The van der Waals surface area contributed by atoms with Crippen LogP contribution in [0, 0.1) is 16.7 Å². The first-order chi connectivity index (χ1) is 14.9. The predicted molar refractivity (Wildman–Crippen MR) is 115 cm³/mol. The number of anilines is 1. The van der Waals surface area contributed by atoms with Crippen LogP contribution in [0.25, 0.3) is 5.52 Å². The molecule has 2 aromatic heterocycles. The Morgan fingerprint density at radius 2 is 2.09 bits per heavy atom. The molecule has 32 heavy (non-hydrogen) atoms. The fourth-order valence-electron chi connectivity index (χ4n) is 3.95. The zero-order valence-electron chi connectivity index (χ0n) is 18.7. The number of carbonyl (C=O) groups is 1. The third-order valence-electron chi connectivity index (χ3n) is 5.82. The van der Waals surface area contributed by atoms with Crippen LogP contribution in [0.3, 0.4) is 0 Å². The van der Waals surface area contributed by atoms with Gasteiger partial charge in [-0.15, -0.1) is 0 Å². The Hall–Kier alpha value is -2.74. The van der Waals surface area contributed by atoms with Crippen LogP contribution in [0.4, 0.5) is 5.82 Å². The standard InChI is InChI=1S/C19H23N5O3.C3H8O2/c1-18(6-2-7-18)9-16(25)26-11-19(10-20)8-5-15(27-19)13-3-4-14-17(21)22-12-23-24(13)14;1-3(2,4)5/h3-4,12,15H,2,5-9,11H2,1H3,(H2,21,22,23);4-5H,1-2H3/t15-,19-;/m1./s1. The lowest BCUT2D eigenvalue weighted by atomic mass is 9.68. The van der Waals surface area contributed by atoms with Gasteiger partial charge in [0.15, 0.2) is 17.2 Å². The molecule has 10 nitrogen and oxygen atoms in total. The van der Waals surface area contributed by atoms with E-state index >= 15 is 0 Å². The summed E-state index contributed by atoms with van der Waals surface area (Å²) in [7, 11) is 0. The first-order valence-electron chi connectivity index (χ1n) is 10.7. The third-order valence-corrected chi connectivity index (χ3v) is 5.82. The number of fused-ring (bicyclic) bond motifs is 1. The second-order valence-corrected chi connectivity index (χ2v) is 9.45. The molecule has 2 aromatic rings. The first kappa shape index (κ1) is 23.9. The molecule has 0 unspecified atom stereocenters. The largest absolute Gasteiger partial charge is 0.461 e. The molecule has 2 aliphatic rings. The van der Waals surface area contributed by atoms with Gasteiger partial charge in [-0.25, -0.2) is 9.50 Å². The van der Waals surface area contributed by atoms with Gasteiger partial charge in [-0.05, 0) is 57.1 Å². The molecule has 1 saturated heterocycles. The molecular weight excluding hydrogens is 414 g/mol. The zero-order chi connectivity index (χ0) is 23.6. The van der Waals surface area contributed by atoms with Crippen molar-refractivity contribution in [2.45, 2.75) is 76.8 Å². The van der Waals surface area contributed by atoms with E-state index in [1.807, 2.05) is 12.1 Å². The highest BCUT2D eigenvalue weighted by atomic mass is 16.6. The molecule has 1 saturated carbocycles. The van der Waals surface area contributed by atoms with Crippen LogP contribution in [-0.4, -0.2) is 48.8 Å². The summed E-state index contributed by atoms with van der Waals surface area (Å²) < 4.78 is 13.2. The van der Waals surface area contributed by atoms with Crippen LogP contribution in [0.5, 0.6) is 0 Å². The summed E-state index contributed by atoms with van der Waals surface area (Å²) in [5, 5.41) is 30.1. The number of nitrogens with zero attached hydrogens (tertiary/aromatic N) is 4. The minimum Gasteiger partial charge on any atom is -0.461 e. The van der Waals surface area contributed by atoms with Crippen molar-refractivity contribution >= 4 is 17.3 Å². The summed E-state index contributed by atoms with van der Waals surface area (Å²) in [6, 6.07) is 5.92. The second kappa shape index (κ2) is 9.02. The molecule has 0 radical (unpaired) electrons. The summed E-state index contributed by atoms with van der Waals surface area (Å²) in [6.07, 6.45) is 5.87. The monoisotopic (exact) mass is 445 g/mol. The molecule has 174 valence electrons.